The molecular weight excluding hydrogens is 318 g/mol. The summed E-state index contributed by atoms with van der Waals surface area (Å²) in [5.41, 5.74) is 7.71. The van der Waals surface area contributed by atoms with E-state index in [0.717, 1.165) is 24.1 Å². The second kappa shape index (κ2) is 7.09. The van der Waals surface area contributed by atoms with Crippen molar-refractivity contribution in [3.05, 3.63) is 52.9 Å². The van der Waals surface area contributed by atoms with Gasteiger partial charge in [0, 0.05) is 24.7 Å². The first-order valence-electron chi connectivity index (χ1n) is 8.58. The van der Waals surface area contributed by atoms with Crippen LogP contribution in [0.3, 0.4) is 0 Å². The average molecular weight is 341 g/mol. The fourth-order valence-corrected chi connectivity index (χ4v) is 3.19. The predicted molar refractivity (Wildman–Crippen MR) is 93.3 cm³/mol. The van der Waals surface area contributed by atoms with Gasteiger partial charge in [0.15, 0.2) is 0 Å². The third kappa shape index (κ3) is 3.90. The van der Waals surface area contributed by atoms with Crippen molar-refractivity contribution in [2.24, 2.45) is 11.7 Å². The molecule has 0 spiro atoms. The summed E-state index contributed by atoms with van der Waals surface area (Å²) in [5.74, 6) is 0.373. The van der Waals surface area contributed by atoms with E-state index in [4.69, 9.17) is 10.3 Å². The minimum absolute atomic E-state index is 0.104. The van der Waals surface area contributed by atoms with E-state index >= 15 is 0 Å². The van der Waals surface area contributed by atoms with Crippen molar-refractivity contribution >= 4 is 11.8 Å². The van der Waals surface area contributed by atoms with Gasteiger partial charge in [-0.3, -0.25) is 9.59 Å². The largest absolute Gasteiger partial charge is 0.366 e. The van der Waals surface area contributed by atoms with Gasteiger partial charge in [0.05, 0.1) is 5.69 Å². The quantitative estimate of drug-likeness (QED) is 0.905. The number of primary amides is 1. The normalized spacial score (nSPS) is 17.2. The Hall–Kier alpha value is -2.63. The molecule has 1 saturated heterocycles. The van der Waals surface area contributed by atoms with E-state index in [-0.39, 0.29) is 11.8 Å². The lowest BCUT2D eigenvalue weighted by Gasteiger charge is -2.15. The zero-order valence-corrected chi connectivity index (χ0v) is 14.6. The van der Waals surface area contributed by atoms with E-state index in [0.29, 0.717) is 30.3 Å². The van der Waals surface area contributed by atoms with Crippen LogP contribution in [0.15, 0.2) is 34.9 Å². The van der Waals surface area contributed by atoms with Gasteiger partial charge >= 0.3 is 0 Å². The summed E-state index contributed by atoms with van der Waals surface area (Å²) in [6.45, 7) is 5.41. The molecule has 1 aliphatic rings. The van der Waals surface area contributed by atoms with Crippen LogP contribution in [-0.2, 0) is 6.42 Å². The first kappa shape index (κ1) is 17.2. The molecule has 0 bridgehead atoms. The summed E-state index contributed by atoms with van der Waals surface area (Å²) >= 11 is 0. The van der Waals surface area contributed by atoms with Crippen LogP contribution < -0.4 is 5.73 Å². The number of amides is 2. The second-order valence-corrected chi connectivity index (χ2v) is 6.95. The lowest BCUT2D eigenvalue weighted by molar-refractivity contribution is 0.0745. The topological polar surface area (TPSA) is 89.4 Å². The number of hydrogen-bond acceptors (Lipinski definition) is 4. The van der Waals surface area contributed by atoms with E-state index in [2.05, 4.69) is 5.16 Å². The molecule has 1 aliphatic heterocycles. The van der Waals surface area contributed by atoms with Gasteiger partial charge in [0.25, 0.3) is 5.91 Å². The Morgan fingerprint density at radius 1 is 1.36 bits per heavy atom. The Bertz CT molecular complexity index is 782. The monoisotopic (exact) mass is 341 g/mol. The van der Waals surface area contributed by atoms with Crippen molar-refractivity contribution in [1.82, 2.24) is 10.1 Å². The molecule has 2 N–H and O–H groups in total. The van der Waals surface area contributed by atoms with Gasteiger partial charge < -0.3 is 15.2 Å². The molecule has 1 fully saturated rings. The highest BCUT2D eigenvalue weighted by Gasteiger charge is 2.29. The molecule has 25 heavy (non-hydrogen) atoms. The molecule has 3 rings (SSSR count). The summed E-state index contributed by atoms with van der Waals surface area (Å²) in [4.78, 5) is 25.7. The maximum absolute atomic E-state index is 12.6. The summed E-state index contributed by atoms with van der Waals surface area (Å²) < 4.78 is 5.20. The number of likely N-dealkylation sites (tertiary alicyclic amines) is 1. The van der Waals surface area contributed by atoms with Gasteiger partial charge in [-0.25, -0.2) is 0 Å². The number of nitrogens with zero attached hydrogens (tertiary/aromatic N) is 2. The van der Waals surface area contributed by atoms with Crippen LogP contribution >= 0.6 is 0 Å². The molecule has 1 aromatic carbocycles. The highest BCUT2D eigenvalue weighted by atomic mass is 16.5. The summed E-state index contributed by atoms with van der Waals surface area (Å²) in [5, 5.41) is 3.95. The standard InChI is InChI=1S/C19H23N3O3/c1-12(2)16-10-17(25-21-16)19(24)22-7-6-14(11-22)8-13-4-3-5-15(9-13)18(20)23/h3-5,9-10,12,14H,6-8,11H2,1-2H3,(H2,20,23)/t14-/m0/s1. The maximum atomic E-state index is 12.6. The lowest BCUT2D eigenvalue weighted by atomic mass is 9.97. The van der Waals surface area contributed by atoms with Crippen molar-refractivity contribution in [2.75, 3.05) is 13.1 Å². The molecule has 6 nitrogen and oxygen atoms in total. The zero-order chi connectivity index (χ0) is 18.0. The fraction of sp³-hybridized carbons (Fsp3) is 0.421. The third-order valence-corrected chi connectivity index (χ3v) is 4.64. The fourth-order valence-electron chi connectivity index (χ4n) is 3.19. The number of rotatable bonds is 5. The van der Waals surface area contributed by atoms with E-state index in [1.807, 2.05) is 36.9 Å². The van der Waals surface area contributed by atoms with Gasteiger partial charge in [-0.15, -0.1) is 0 Å². The zero-order valence-electron chi connectivity index (χ0n) is 14.6. The number of aromatic nitrogens is 1. The van der Waals surface area contributed by atoms with Crippen molar-refractivity contribution in [1.29, 1.82) is 0 Å². The van der Waals surface area contributed by atoms with Gasteiger partial charge in [0.2, 0.25) is 11.7 Å². The van der Waals surface area contributed by atoms with Crippen molar-refractivity contribution in [3.8, 4) is 0 Å². The molecule has 0 aliphatic carbocycles. The molecule has 1 atom stereocenters. The number of carbonyl (C=O) groups excluding carboxylic acids is 2. The molecule has 2 heterocycles. The smallest absolute Gasteiger partial charge is 0.292 e. The third-order valence-electron chi connectivity index (χ3n) is 4.64. The summed E-state index contributed by atoms with van der Waals surface area (Å²) in [6, 6.07) is 9.11. The number of hydrogen-bond donors (Lipinski definition) is 1. The van der Waals surface area contributed by atoms with Crippen LogP contribution in [0.1, 0.15) is 58.4 Å². The number of benzene rings is 1. The molecule has 6 heteroatoms. The molecule has 0 unspecified atom stereocenters. The van der Waals surface area contributed by atoms with E-state index in [1.165, 1.54) is 0 Å². The molecule has 1 aromatic heterocycles. The van der Waals surface area contributed by atoms with Crippen molar-refractivity contribution in [3.63, 3.8) is 0 Å². The predicted octanol–water partition coefficient (Wildman–Crippen LogP) is 2.60. The Morgan fingerprint density at radius 2 is 2.16 bits per heavy atom. The Kier molecular flexibility index (Phi) is 4.88. The Morgan fingerprint density at radius 3 is 2.84 bits per heavy atom. The minimum atomic E-state index is -0.420. The van der Waals surface area contributed by atoms with Crippen LogP contribution in [-0.4, -0.2) is 35.0 Å². The molecule has 2 amide bonds. The van der Waals surface area contributed by atoms with Crippen LogP contribution in [0.2, 0.25) is 0 Å². The Balaban J connectivity index is 1.62. The first-order chi connectivity index (χ1) is 11.9. The summed E-state index contributed by atoms with van der Waals surface area (Å²) in [7, 11) is 0. The Labute approximate surface area is 147 Å². The van der Waals surface area contributed by atoms with Crippen LogP contribution in [0.25, 0.3) is 0 Å². The van der Waals surface area contributed by atoms with E-state index in [1.54, 1.807) is 12.1 Å². The van der Waals surface area contributed by atoms with Crippen LogP contribution in [0.4, 0.5) is 0 Å². The molecule has 132 valence electrons. The number of carbonyl (C=O) groups is 2. The highest BCUT2D eigenvalue weighted by Crippen LogP contribution is 2.24. The highest BCUT2D eigenvalue weighted by molar-refractivity contribution is 5.93. The molecule has 0 radical (unpaired) electrons. The van der Waals surface area contributed by atoms with Crippen molar-refractivity contribution < 1.29 is 14.1 Å². The molecule has 0 saturated carbocycles. The first-order valence-corrected chi connectivity index (χ1v) is 8.58. The van der Waals surface area contributed by atoms with Gasteiger partial charge in [-0.1, -0.05) is 31.1 Å². The van der Waals surface area contributed by atoms with Gasteiger partial charge in [-0.2, -0.15) is 0 Å². The van der Waals surface area contributed by atoms with Crippen LogP contribution in [0, 0.1) is 5.92 Å². The van der Waals surface area contributed by atoms with Gasteiger partial charge in [0.1, 0.15) is 0 Å². The van der Waals surface area contributed by atoms with E-state index < -0.39 is 5.91 Å². The minimum Gasteiger partial charge on any atom is -0.366 e. The maximum Gasteiger partial charge on any atom is 0.292 e. The van der Waals surface area contributed by atoms with Crippen LogP contribution in [0.5, 0.6) is 0 Å². The average Bonchev–Trinajstić information content (AvgIpc) is 3.24. The summed E-state index contributed by atoms with van der Waals surface area (Å²) in [6.07, 6.45) is 1.75. The second-order valence-electron chi connectivity index (χ2n) is 6.95. The van der Waals surface area contributed by atoms with E-state index in [9.17, 15) is 9.59 Å². The molecular formula is C19H23N3O3. The molecule has 2 aromatic rings. The SMILES string of the molecule is CC(C)c1cc(C(=O)N2CC[C@@H](Cc3cccc(C(N)=O)c3)C2)on1. The number of nitrogens with two attached hydrogens (primary N) is 1. The van der Waals surface area contributed by atoms with Crippen molar-refractivity contribution in [2.45, 2.75) is 32.6 Å². The van der Waals surface area contributed by atoms with Gasteiger partial charge in [-0.05, 0) is 42.4 Å². The lowest BCUT2D eigenvalue weighted by Crippen LogP contribution is -2.28.